The lowest BCUT2D eigenvalue weighted by Gasteiger charge is -2.05. The molecule has 1 aromatic rings. The molecule has 0 fully saturated rings. The Morgan fingerprint density at radius 3 is 2.71 bits per heavy atom. The summed E-state index contributed by atoms with van der Waals surface area (Å²) < 4.78 is 25.1. The number of carboxylic acids is 1. The van der Waals surface area contributed by atoms with Gasteiger partial charge in [0.25, 0.3) is 5.91 Å². The van der Waals surface area contributed by atoms with E-state index in [1.807, 2.05) is 0 Å². The molecule has 0 aliphatic rings. The van der Waals surface area contributed by atoms with Crippen LogP contribution in [0.5, 0.6) is 0 Å². The Labute approximate surface area is 126 Å². The maximum atomic E-state index is 11.8. The summed E-state index contributed by atoms with van der Waals surface area (Å²) in [5.74, 6) is -1.64. The first-order valence-corrected chi connectivity index (χ1v) is 8.57. The third-order valence-electron chi connectivity index (χ3n) is 2.26. The fourth-order valence-corrected chi connectivity index (χ4v) is 3.18. The summed E-state index contributed by atoms with van der Waals surface area (Å²) in [6.07, 6.45) is 2.37. The minimum Gasteiger partial charge on any atom is -0.478 e. The molecule has 0 saturated heterocycles. The average Bonchev–Trinajstić information content (AvgIpc) is 2.84. The molecule has 1 aromatic heterocycles. The number of hydrogen-bond acceptors (Lipinski definition) is 5. The number of rotatable bonds is 8. The van der Waals surface area contributed by atoms with Crippen molar-refractivity contribution in [2.24, 2.45) is 0 Å². The van der Waals surface area contributed by atoms with E-state index in [9.17, 15) is 18.0 Å². The SMILES string of the molecule is CCNS(=O)(=O)CCNC(=O)c1ccc(/C=C/C(=O)O)s1. The van der Waals surface area contributed by atoms with E-state index in [0.29, 0.717) is 16.3 Å². The smallest absolute Gasteiger partial charge is 0.328 e. The molecule has 0 aliphatic heterocycles. The lowest BCUT2D eigenvalue weighted by atomic mass is 10.4. The summed E-state index contributed by atoms with van der Waals surface area (Å²) >= 11 is 1.12. The Kier molecular flexibility index (Phi) is 6.53. The van der Waals surface area contributed by atoms with E-state index in [0.717, 1.165) is 17.4 Å². The van der Waals surface area contributed by atoms with Crippen LogP contribution in [0.25, 0.3) is 6.08 Å². The molecule has 0 radical (unpaired) electrons. The topological polar surface area (TPSA) is 113 Å². The number of carbonyl (C=O) groups is 2. The van der Waals surface area contributed by atoms with Gasteiger partial charge in [-0.2, -0.15) is 0 Å². The molecule has 0 aromatic carbocycles. The number of thiophene rings is 1. The Morgan fingerprint density at radius 1 is 1.38 bits per heavy atom. The van der Waals surface area contributed by atoms with Crippen molar-refractivity contribution in [3.05, 3.63) is 28.0 Å². The van der Waals surface area contributed by atoms with E-state index in [1.165, 1.54) is 6.08 Å². The predicted octanol–water partition coefficient (Wildman–Crippen LogP) is 0.515. The molecule has 0 unspecified atom stereocenters. The zero-order valence-electron chi connectivity index (χ0n) is 11.3. The molecule has 0 atom stereocenters. The van der Waals surface area contributed by atoms with Crippen molar-refractivity contribution in [1.29, 1.82) is 0 Å². The van der Waals surface area contributed by atoms with Crippen molar-refractivity contribution in [3.8, 4) is 0 Å². The summed E-state index contributed by atoms with van der Waals surface area (Å²) in [6.45, 7) is 1.99. The summed E-state index contributed by atoms with van der Waals surface area (Å²) in [5, 5.41) is 11.0. The van der Waals surface area contributed by atoms with Gasteiger partial charge in [-0.1, -0.05) is 6.92 Å². The van der Waals surface area contributed by atoms with Crippen LogP contribution in [0.4, 0.5) is 0 Å². The second-order valence-corrected chi connectivity index (χ2v) is 6.99. The van der Waals surface area contributed by atoms with Crippen molar-refractivity contribution in [3.63, 3.8) is 0 Å². The minimum absolute atomic E-state index is 0.00631. The van der Waals surface area contributed by atoms with E-state index in [-0.39, 0.29) is 18.2 Å². The number of aliphatic carboxylic acids is 1. The summed E-state index contributed by atoms with van der Waals surface area (Å²) in [4.78, 5) is 23.2. The van der Waals surface area contributed by atoms with Gasteiger partial charge in [0.05, 0.1) is 10.6 Å². The van der Waals surface area contributed by atoms with Gasteiger partial charge < -0.3 is 10.4 Å². The highest BCUT2D eigenvalue weighted by molar-refractivity contribution is 7.89. The molecule has 0 saturated carbocycles. The molecule has 1 heterocycles. The maximum absolute atomic E-state index is 11.8. The van der Waals surface area contributed by atoms with Crippen molar-refractivity contribution in [2.45, 2.75) is 6.92 Å². The van der Waals surface area contributed by atoms with Crippen molar-refractivity contribution < 1.29 is 23.1 Å². The fourth-order valence-electron chi connectivity index (χ4n) is 1.40. The highest BCUT2D eigenvalue weighted by atomic mass is 32.2. The molecule has 116 valence electrons. The maximum Gasteiger partial charge on any atom is 0.328 e. The first kappa shape index (κ1) is 17.3. The second-order valence-electron chi connectivity index (χ2n) is 3.95. The summed E-state index contributed by atoms with van der Waals surface area (Å²) in [7, 11) is -3.36. The summed E-state index contributed by atoms with van der Waals surface area (Å²) in [5.41, 5.74) is 0. The first-order valence-electron chi connectivity index (χ1n) is 6.10. The number of carbonyl (C=O) groups excluding carboxylic acids is 1. The van der Waals surface area contributed by atoms with E-state index in [2.05, 4.69) is 10.0 Å². The second kappa shape index (κ2) is 7.91. The van der Waals surface area contributed by atoms with Crippen LogP contribution >= 0.6 is 11.3 Å². The first-order chi connectivity index (χ1) is 9.84. The van der Waals surface area contributed by atoms with Crippen LogP contribution in [0.3, 0.4) is 0 Å². The lowest BCUT2D eigenvalue weighted by molar-refractivity contribution is -0.131. The zero-order valence-corrected chi connectivity index (χ0v) is 13.0. The van der Waals surface area contributed by atoms with Gasteiger partial charge in [-0.05, 0) is 18.2 Å². The Balaban J connectivity index is 2.51. The van der Waals surface area contributed by atoms with Gasteiger partial charge in [-0.15, -0.1) is 11.3 Å². The van der Waals surface area contributed by atoms with Gasteiger partial charge in [-0.25, -0.2) is 17.9 Å². The number of amides is 1. The third kappa shape index (κ3) is 6.52. The molecular formula is C12H16N2O5S2. The molecular weight excluding hydrogens is 316 g/mol. The van der Waals surface area contributed by atoms with Crippen molar-refractivity contribution >= 4 is 39.3 Å². The monoisotopic (exact) mass is 332 g/mol. The average molecular weight is 332 g/mol. The van der Waals surface area contributed by atoms with Gasteiger partial charge >= 0.3 is 5.97 Å². The Bertz CT molecular complexity index is 634. The number of carboxylic acid groups (broad SMARTS) is 1. The van der Waals surface area contributed by atoms with Crippen molar-refractivity contribution in [1.82, 2.24) is 10.0 Å². The van der Waals surface area contributed by atoms with Crippen LogP contribution in [-0.4, -0.2) is 44.2 Å². The highest BCUT2D eigenvalue weighted by Crippen LogP contribution is 2.17. The van der Waals surface area contributed by atoms with Gasteiger partial charge in [0.1, 0.15) is 0 Å². The van der Waals surface area contributed by atoms with Crippen LogP contribution in [0, 0.1) is 0 Å². The van der Waals surface area contributed by atoms with Gasteiger partial charge in [0.15, 0.2) is 0 Å². The van der Waals surface area contributed by atoms with Gasteiger partial charge in [0.2, 0.25) is 10.0 Å². The molecule has 9 heteroatoms. The van der Waals surface area contributed by atoms with E-state index in [4.69, 9.17) is 5.11 Å². The Hall–Kier alpha value is -1.71. The molecule has 0 bridgehead atoms. The quantitative estimate of drug-likeness (QED) is 0.601. The molecule has 1 rings (SSSR count). The van der Waals surface area contributed by atoms with Crippen molar-refractivity contribution in [2.75, 3.05) is 18.8 Å². The van der Waals surface area contributed by atoms with E-state index < -0.39 is 16.0 Å². The molecule has 0 spiro atoms. The van der Waals surface area contributed by atoms with Crippen LogP contribution in [0.15, 0.2) is 18.2 Å². The normalized spacial score (nSPS) is 11.7. The van der Waals surface area contributed by atoms with Crippen LogP contribution in [0.2, 0.25) is 0 Å². The van der Waals surface area contributed by atoms with Crippen LogP contribution in [-0.2, 0) is 14.8 Å². The zero-order chi connectivity index (χ0) is 15.9. The highest BCUT2D eigenvalue weighted by Gasteiger charge is 2.11. The largest absolute Gasteiger partial charge is 0.478 e. The fraction of sp³-hybridized carbons (Fsp3) is 0.333. The molecule has 1 amide bonds. The Morgan fingerprint density at radius 2 is 2.10 bits per heavy atom. The van der Waals surface area contributed by atoms with E-state index >= 15 is 0 Å². The standard InChI is InChI=1S/C12H16N2O5S2/c1-2-14-21(18,19)8-7-13-12(17)10-5-3-9(20-10)4-6-11(15)16/h3-6,14H,2,7-8H2,1H3,(H,13,17)(H,15,16)/b6-4+. The predicted molar refractivity (Wildman–Crippen MR) is 80.8 cm³/mol. The molecule has 21 heavy (non-hydrogen) atoms. The minimum atomic E-state index is -3.36. The van der Waals surface area contributed by atoms with Gasteiger partial charge in [0, 0.05) is 24.0 Å². The third-order valence-corrected chi connectivity index (χ3v) is 4.78. The van der Waals surface area contributed by atoms with Crippen LogP contribution in [0.1, 0.15) is 21.5 Å². The number of sulfonamides is 1. The number of hydrogen-bond donors (Lipinski definition) is 3. The molecule has 3 N–H and O–H groups in total. The molecule has 0 aliphatic carbocycles. The number of nitrogens with one attached hydrogen (secondary N) is 2. The summed E-state index contributed by atoms with van der Waals surface area (Å²) in [6, 6.07) is 3.18. The van der Waals surface area contributed by atoms with Crippen LogP contribution < -0.4 is 10.0 Å². The molecule has 7 nitrogen and oxygen atoms in total. The van der Waals surface area contributed by atoms with E-state index in [1.54, 1.807) is 19.1 Å². The van der Waals surface area contributed by atoms with Gasteiger partial charge in [-0.3, -0.25) is 4.79 Å². The lowest BCUT2D eigenvalue weighted by Crippen LogP contribution is -2.34.